The van der Waals surface area contributed by atoms with Gasteiger partial charge in [-0.15, -0.1) is 0 Å². The number of carboxylic acid groups (broad SMARTS) is 1. The second-order valence-electron chi connectivity index (χ2n) is 11.3. The number of fused-ring (bicyclic) bond motifs is 4. The Kier molecular flexibility index (Phi) is 5.25. The van der Waals surface area contributed by atoms with Crippen molar-refractivity contribution >= 4 is 27.6 Å². The normalized spacial score (nSPS) is 26.6. The molecule has 2 aliphatic heterocycles. The van der Waals surface area contributed by atoms with Crippen LogP contribution in [0.5, 0.6) is 5.88 Å². The number of carboxylic acids is 1. The number of hydrogen-bond acceptors (Lipinski definition) is 6. The van der Waals surface area contributed by atoms with E-state index in [0.717, 1.165) is 64.3 Å². The third kappa shape index (κ3) is 3.75. The van der Waals surface area contributed by atoms with E-state index in [9.17, 15) is 9.18 Å². The predicted octanol–water partition coefficient (Wildman–Crippen LogP) is 5.08. The molecule has 2 aromatic carbocycles. The van der Waals surface area contributed by atoms with E-state index in [-0.39, 0.29) is 42.1 Å². The fraction of sp³-hybridized carbons (Fsp3) is 0.414. The molecule has 196 valence electrons. The molecule has 3 fully saturated rings. The van der Waals surface area contributed by atoms with Crippen molar-refractivity contribution in [3.63, 3.8) is 0 Å². The molecule has 1 aliphatic carbocycles. The van der Waals surface area contributed by atoms with E-state index >= 15 is 0 Å². The number of carbonyl (C=O) groups is 1. The number of ether oxygens (including phenoxy) is 2. The van der Waals surface area contributed by atoms with Crippen molar-refractivity contribution in [2.45, 2.75) is 57.5 Å². The van der Waals surface area contributed by atoms with Crippen LogP contribution in [0.4, 0.5) is 4.39 Å². The monoisotopic (exact) mass is 516 g/mol. The van der Waals surface area contributed by atoms with Crippen LogP contribution in [-0.2, 0) is 9.53 Å². The van der Waals surface area contributed by atoms with Crippen molar-refractivity contribution in [2.24, 2.45) is 5.41 Å². The summed E-state index contributed by atoms with van der Waals surface area (Å²) in [5, 5.41) is 19.3. The van der Waals surface area contributed by atoms with Crippen LogP contribution < -0.4 is 4.74 Å². The summed E-state index contributed by atoms with van der Waals surface area (Å²) in [6.07, 6.45) is 4.44. The van der Waals surface area contributed by atoms with Crippen molar-refractivity contribution in [2.75, 3.05) is 13.1 Å². The van der Waals surface area contributed by atoms with Crippen LogP contribution in [0.25, 0.3) is 32.8 Å². The molecule has 8 nitrogen and oxygen atoms in total. The van der Waals surface area contributed by atoms with Crippen LogP contribution in [0, 0.1) is 11.2 Å². The number of aliphatic carboxylic acids is 1. The average Bonchev–Trinajstić information content (AvgIpc) is 3.55. The molecule has 3 aliphatic rings. The predicted molar refractivity (Wildman–Crippen MR) is 139 cm³/mol. The Morgan fingerprint density at radius 3 is 2.79 bits per heavy atom. The molecule has 2 unspecified atom stereocenters. The highest BCUT2D eigenvalue weighted by atomic mass is 19.1. The van der Waals surface area contributed by atoms with E-state index in [2.05, 4.69) is 30.1 Å². The number of aromatic amines is 1. The summed E-state index contributed by atoms with van der Waals surface area (Å²) in [7, 11) is 0. The van der Waals surface area contributed by atoms with Gasteiger partial charge in [-0.3, -0.25) is 14.8 Å². The molecule has 0 bridgehead atoms. The zero-order valence-corrected chi connectivity index (χ0v) is 21.3. The van der Waals surface area contributed by atoms with Gasteiger partial charge in [0.15, 0.2) is 0 Å². The van der Waals surface area contributed by atoms with Crippen LogP contribution in [0.2, 0.25) is 0 Å². The molecule has 4 heterocycles. The number of piperidine rings is 1. The second-order valence-corrected chi connectivity index (χ2v) is 11.3. The van der Waals surface area contributed by atoms with Crippen molar-refractivity contribution in [1.29, 1.82) is 0 Å². The first-order chi connectivity index (χ1) is 18.3. The first-order valence-electron chi connectivity index (χ1n) is 13.2. The number of hydrogen-bond donors (Lipinski definition) is 2. The lowest BCUT2D eigenvalue weighted by Crippen LogP contribution is -2.54. The maximum absolute atomic E-state index is 13.8. The van der Waals surface area contributed by atoms with Crippen LogP contribution >= 0.6 is 0 Å². The second kappa shape index (κ2) is 8.47. The molecule has 1 saturated carbocycles. The molecule has 38 heavy (non-hydrogen) atoms. The Bertz CT molecular complexity index is 1560. The van der Waals surface area contributed by atoms with Gasteiger partial charge in [0.25, 0.3) is 0 Å². The minimum absolute atomic E-state index is 0.00993. The van der Waals surface area contributed by atoms with Crippen LogP contribution in [-0.4, -0.2) is 62.7 Å². The number of nitrogens with zero attached hydrogens (tertiary/aromatic N) is 3. The van der Waals surface area contributed by atoms with E-state index in [1.807, 2.05) is 11.0 Å². The van der Waals surface area contributed by atoms with Gasteiger partial charge in [-0.25, -0.2) is 9.37 Å². The molecule has 4 aromatic rings. The standard InChI is InChI=1S/C29H29FN4O4/c1-15(2)25-24(16-3-5-18(30)6-4-16)20-9-17-13-31-33-22(17)10-21(20)27(32-25)37-19-11-29(12-19)7-8-34(14-23(35)36)28-26(29)38-28/h3-6,9-10,13,15,19,26,28H,7-8,11-12,14H2,1-2H3,(H,31,33)(H,35,36). The van der Waals surface area contributed by atoms with Crippen molar-refractivity contribution in [3.05, 3.63) is 54.1 Å². The molecule has 1 spiro atoms. The molecule has 7 rings (SSSR count). The van der Waals surface area contributed by atoms with Gasteiger partial charge in [-0.05, 0) is 60.4 Å². The molecule has 2 atom stereocenters. The lowest BCUT2D eigenvalue weighted by Gasteiger charge is -2.49. The van der Waals surface area contributed by atoms with Crippen molar-refractivity contribution in [3.8, 4) is 17.0 Å². The summed E-state index contributed by atoms with van der Waals surface area (Å²) in [6.45, 7) is 4.96. The zero-order valence-electron chi connectivity index (χ0n) is 21.3. The molecule has 2 saturated heterocycles. The number of H-pyrrole nitrogens is 1. The Labute approximate surface area is 218 Å². The van der Waals surface area contributed by atoms with Gasteiger partial charge in [0.05, 0.1) is 24.0 Å². The van der Waals surface area contributed by atoms with Crippen LogP contribution in [0.1, 0.15) is 44.7 Å². The van der Waals surface area contributed by atoms with Gasteiger partial charge in [-0.1, -0.05) is 26.0 Å². The van der Waals surface area contributed by atoms with Crippen LogP contribution in [0.3, 0.4) is 0 Å². The summed E-state index contributed by atoms with van der Waals surface area (Å²) in [5.74, 6) is -0.375. The summed E-state index contributed by atoms with van der Waals surface area (Å²) in [5.41, 5.74) is 3.75. The number of epoxide rings is 1. The summed E-state index contributed by atoms with van der Waals surface area (Å²) in [6, 6.07) is 10.7. The van der Waals surface area contributed by atoms with Gasteiger partial charge in [0.2, 0.25) is 5.88 Å². The van der Waals surface area contributed by atoms with E-state index in [4.69, 9.17) is 19.6 Å². The first kappa shape index (κ1) is 23.5. The van der Waals surface area contributed by atoms with E-state index in [1.165, 1.54) is 12.1 Å². The third-order valence-electron chi connectivity index (χ3n) is 8.45. The largest absolute Gasteiger partial charge is 0.480 e. The summed E-state index contributed by atoms with van der Waals surface area (Å²) < 4.78 is 26.3. The number of rotatable bonds is 6. The molecule has 2 N–H and O–H groups in total. The minimum atomic E-state index is -0.820. The highest BCUT2D eigenvalue weighted by Gasteiger charge is 2.65. The number of aromatic nitrogens is 3. The van der Waals surface area contributed by atoms with Gasteiger partial charge in [0.1, 0.15) is 24.3 Å². The Hall–Kier alpha value is -3.56. The zero-order chi connectivity index (χ0) is 26.2. The topological polar surface area (TPSA) is 104 Å². The number of benzene rings is 2. The van der Waals surface area contributed by atoms with E-state index < -0.39 is 5.97 Å². The molecular formula is C29H29FN4O4. The number of halogens is 1. The Morgan fingerprint density at radius 1 is 1.26 bits per heavy atom. The molecule has 0 amide bonds. The first-order valence-corrected chi connectivity index (χ1v) is 13.2. The average molecular weight is 517 g/mol. The highest BCUT2D eigenvalue weighted by Crippen LogP contribution is 2.59. The lowest BCUT2D eigenvalue weighted by atomic mass is 9.61. The molecule has 9 heteroatoms. The van der Waals surface area contributed by atoms with Gasteiger partial charge in [-0.2, -0.15) is 5.10 Å². The van der Waals surface area contributed by atoms with Gasteiger partial charge in [0, 0.05) is 28.3 Å². The quantitative estimate of drug-likeness (QED) is 0.344. The molecule has 2 aromatic heterocycles. The fourth-order valence-corrected chi connectivity index (χ4v) is 6.50. The SMILES string of the molecule is CC(C)c1nc(OC2CC3(CCN(CC(=O)O)C4OC43)C2)c2cc3[nH]ncc3cc2c1-c1ccc(F)cc1. The number of likely N-dealkylation sites (tertiary alicyclic amines) is 1. The fourth-order valence-electron chi connectivity index (χ4n) is 6.50. The van der Waals surface area contributed by atoms with E-state index in [1.54, 1.807) is 18.3 Å². The Balaban J connectivity index is 1.23. The lowest BCUT2D eigenvalue weighted by molar-refractivity contribution is -0.139. The minimum Gasteiger partial charge on any atom is -0.480 e. The number of nitrogens with one attached hydrogen (secondary N) is 1. The van der Waals surface area contributed by atoms with Gasteiger partial charge >= 0.3 is 5.97 Å². The number of pyridine rings is 1. The van der Waals surface area contributed by atoms with Crippen LogP contribution in [0.15, 0.2) is 42.6 Å². The summed E-state index contributed by atoms with van der Waals surface area (Å²) >= 11 is 0. The van der Waals surface area contributed by atoms with Crippen molar-refractivity contribution in [1.82, 2.24) is 20.1 Å². The Morgan fingerprint density at radius 2 is 2.05 bits per heavy atom. The maximum atomic E-state index is 13.8. The van der Waals surface area contributed by atoms with E-state index in [0.29, 0.717) is 5.88 Å². The van der Waals surface area contributed by atoms with Gasteiger partial charge < -0.3 is 14.6 Å². The van der Waals surface area contributed by atoms with Crippen molar-refractivity contribution < 1.29 is 23.8 Å². The molecular weight excluding hydrogens is 487 g/mol. The molecule has 0 radical (unpaired) electrons. The third-order valence-corrected chi connectivity index (χ3v) is 8.45. The smallest absolute Gasteiger partial charge is 0.317 e. The maximum Gasteiger partial charge on any atom is 0.317 e. The highest BCUT2D eigenvalue weighted by molar-refractivity contribution is 6.06. The summed E-state index contributed by atoms with van der Waals surface area (Å²) in [4.78, 5) is 18.1.